The number of carbonyl (C=O) groups is 1. The molecule has 0 aliphatic rings. The van der Waals surface area contributed by atoms with Crippen LogP contribution in [0.25, 0.3) is 0 Å². The van der Waals surface area contributed by atoms with E-state index in [1.54, 1.807) is 7.11 Å². The first-order valence-electron chi connectivity index (χ1n) is 4.51. The number of ketones is 1. The molecule has 1 aromatic rings. The molecule has 0 saturated carbocycles. The second-order valence-corrected chi connectivity index (χ2v) is 3.70. The van der Waals surface area contributed by atoms with E-state index in [9.17, 15) is 4.79 Å². The van der Waals surface area contributed by atoms with Crippen molar-refractivity contribution < 1.29 is 9.53 Å². The van der Waals surface area contributed by atoms with E-state index >= 15 is 0 Å². The van der Waals surface area contributed by atoms with E-state index in [2.05, 4.69) is 4.98 Å². The van der Waals surface area contributed by atoms with Gasteiger partial charge in [0.25, 0.3) is 0 Å². The average molecular weight is 229 g/mol. The minimum atomic E-state index is -0.143. The van der Waals surface area contributed by atoms with Gasteiger partial charge in [0.05, 0.1) is 16.7 Å². The maximum atomic E-state index is 11.7. The maximum Gasteiger partial charge on any atom is 0.169 e. The highest BCUT2D eigenvalue weighted by Gasteiger charge is 2.14. The van der Waals surface area contributed by atoms with Crippen LogP contribution < -0.4 is 5.73 Å². The summed E-state index contributed by atoms with van der Waals surface area (Å²) in [4.78, 5) is 15.5. The van der Waals surface area contributed by atoms with E-state index in [0.717, 1.165) is 0 Å². The summed E-state index contributed by atoms with van der Waals surface area (Å²) in [7, 11) is 1.55. The molecule has 0 amide bonds. The van der Waals surface area contributed by atoms with Crippen LogP contribution in [0.1, 0.15) is 23.7 Å². The van der Waals surface area contributed by atoms with Crippen molar-refractivity contribution in [1.29, 1.82) is 0 Å². The minimum Gasteiger partial charge on any atom is -0.383 e. The SMILES string of the molecule is COC(C)CC(=O)c1cc(Cl)cnc1N. The highest BCUT2D eigenvalue weighted by Crippen LogP contribution is 2.17. The van der Waals surface area contributed by atoms with E-state index in [1.165, 1.54) is 12.3 Å². The summed E-state index contributed by atoms with van der Waals surface area (Å²) in [5.74, 6) is 0.0875. The Morgan fingerprint density at radius 2 is 2.40 bits per heavy atom. The van der Waals surface area contributed by atoms with Gasteiger partial charge in [-0.15, -0.1) is 0 Å². The summed E-state index contributed by atoms with van der Waals surface area (Å²) < 4.78 is 5.00. The van der Waals surface area contributed by atoms with Gasteiger partial charge in [0.1, 0.15) is 5.82 Å². The van der Waals surface area contributed by atoms with E-state index in [1.807, 2.05) is 6.92 Å². The van der Waals surface area contributed by atoms with Crippen LogP contribution in [0.15, 0.2) is 12.3 Å². The van der Waals surface area contributed by atoms with E-state index < -0.39 is 0 Å². The molecule has 0 spiro atoms. The van der Waals surface area contributed by atoms with Crippen LogP contribution >= 0.6 is 11.6 Å². The molecule has 0 aromatic carbocycles. The molecule has 15 heavy (non-hydrogen) atoms. The number of methoxy groups -OCH3 is 1. The van der Waals surface area contributed by atoms with Gasteiger partial charge in [0.2, 0.25) is 0 Å². The molecule has 1 unspecified atom stereocenters. The summed E-state index contributed by atoms with van der Waals surface area (Å²) in [5, 5.41) is 0.401. The number of aromatic nitrogens is 1. The van der Waals surface area contributed by atoms with Crippen LogP contribution in [-0.4, -0.2) is 24.0 Å². The van der Waals surface area contributed by atoms with Crippen LogP contribution in [0.5, 0.6) is 0 Å². The Morgan fingerprint density at radius 1 is 1.73 bits per heavy atom. The number of rotatable bonds is 4. The van der Waals surface area contributed by atoms with Gasteiger partial charge < -0.3 is 10.5 Å². The lowest BCUT2D eigenvalue weighted by molar-refractivity contribution is 0.0792. The van der Waals surface area contributed by atoms with Crippen molar-refractivity contribution >= 4 is 23.2 Å². The Hall–Kier alpha value is -1.13. The molecule has 0 fully saturated rings. The van der Waals surface area contributed by atoms with Crippen molar-refractivity contribution in [1.82, 2.24) is 4.98 Å². The Morgan fingerprint density at radius 3 is 3.00 bits per heavy atom. The smallest absolute Gasteiger partial charge is 0.169 e. The van der Waals surface area contributed by atoms with Gasteiger partial charge in [-0.2, -0.15) is 0 Å². The molecule has 1 rings (SSSR count). The molecule has 1 atom stereocenters. The normalized spacial score (nSPS) is 12.5. The van der Waals surface area contributed by atoms with Crippen LogP contribution in [0, 0.1) is 0 Å². The molecular formula is C10H13ClN2O2. The number of nitrogen functional groups attached to an aromatic ring is 1. The lowest BCUT2D eigenvalue weighted by Crippen LogP contribution is -2.14. The third-order valence-corrected chi connectivity index (χ3v) is 2.27. The van der Waals surface area contributed by atoms with E-state index in [4.69, 9.17) is 22.1 Å². The molecule has 82 valence electrons. The first-order valence-corrected chi connectivity index (χ1v) is 4.89. The zero-order valence-corrected chi connectivity index (χ0v) is 9.41. The lowest BCUT2D eigenvalue weighted by atomic mass is 10.1. The zero-order chi connectivity index (χ0) is 11.4. The number of Topliss-reactive ketones (excluding diaryl/α,β-unsaturated/α-hetero) is 1. The Balaban J connectivity index is 2.86. The number of carbonyl (C=O) groups excluding carboxylic acids is 1. The Kier molecular flexibility index (Phi) is 4.05. The van der Waals surface area contributed by atoms with Crippen LogP contribution in [0.3, 0.4) is 0 Å². The molecular weight excluding hydrogens is 216 g/mol. The first kappa shape index (κ1) is 11.9. The Labute approximate surface area is 93.4 Å². The summed E-state index contributed by atoms with van der Waals surface area (Å²) in [6.07, 6.45) is 1.53. The molecule has 2 N–H and O–H groups in total. The van der Waals surface area contributed by atoms with Gasteiger partial charge >= 0.3 is 0 Å². The number of nitrogens with two attached hydrogens (primary N) is 1. The zero-order valence-electron chi connectivity index (χ0n) is 8.66. The standard InChI is InChI=1S/C10H13ClN2O2/c1-6(15-2)3-9(14)8-4-7(11)5-13-10(8)12/h4-6H,3H2,1-2H3,(H2,12,13). The Bertz CT molecular complexity index is 368. The van der Waals surface area contributed by atoms with Crippen molar-refractivity contribution in [3.63, 3.8) is 0 Å². The number of ether oxygens (including phenoxy) is 1. The monoisotopic (exact) mass is 228 g/mol. The highest BCUT2D eigenvalue weighted by molar-refractivity contribution is 6.31. The number of halogens is 1. The topological polar surface area (TPSA) is 65.2 Å². The highest BCUT2D eigenvalue weighted by atomic mass is 35.5. The molecule has 1 heterocycles. The van der Waals surface area contributed by atoms with Gasteiger partial charge in [-0.3, -0.25) is 4.79 Å². The molecule has 5 heteroatoms. The lowest BCUT2D eigenvalue weighted by Gasteiger charge is -2.09. The number of hydrogen-bond donors (Lipinski definition) is 1. The molecule has 0 aliphatic carbocycles. The van der Waals surface area contributed by atoms with Crippen molar-refractivity contribution in [2.75, 3.05) is 12.8 Å². The predicted octanol–water partition coefficient (Wildman–Crippen LogP) is 1.92. The van der Waals surface area contributed by atoms with Crippen LogP contribution in [-0.2, 0) is 4.74 Å². The summed E-state index contributed by atoms with van der Waals surface area (Å²) in [6, 6.07) is 1.52. The number of anilines is 1. The average Bonchev–Trinajstić information content (AvgIpc) is 2.21. The van der Waals surface area contributed by atoms with Gasteiger partial charge in [-0.25, -0.2) is 4.98 Å². The van der Waals surface area contributed by atoms with Crippen molar-refractivity contribution in [3.05, 3.63) is 22.8 Å². The first-order chi connectivity index (χ1) is 7.04. The summed E-state index contributed by atoms with van der Waals surface area (Å²) >= 11 is 5.73. The van der Waals surface area contributed by atoms with Crippen molar-refractivity contribution in [2.45, 2.75) is 19.4 Å². The molecule has 4 nitrogen and oxygen atoms in total. The molecule has 0 bridgehead atoms. The third-order valence-electron chi connectivity index (χ3n) is 2.06. The molecule has 0 aliphatic heterocycles. The maximum absolute atomic E-state index is 11.7. The largest absolute Gasteiger partial charge is 0.383 e. The predicted molar refractivity (Wildman–Crippen MR) is 59.1 cm³/mol. The fourth-order valence-corrected chi connectivity index (χ4v) is 1.29. The fraction of sp³-hybridized carbons (Fsp3) is 0.400. The molecule has 0 radical (unpaired) electrons. The van der Waals surface area contributed by atoms with Gasteiger partial charge in [0, 0.05) is 19.7 Å². The van der Waals surface area contributed by atoms with Crippen LogP contribution in [0.4, 0.5) is 5.82 Å². The second-order valence-electron chi connectivity index (χ2n) is 3.26. The van der Waals surface area contributed by atoms with Crippen LogP contribution in [0.2, 0.25) is 5.02 Å². The fourth-order valence-electron chi connectivity index (χ4n) is 1.13. The number of pyridine rings is 1. The van der Waals surface area contributed by atoms with Crippen molar-refractivity contribution in [3.8, 4) is 0 Å². The number of hydrogen-bond acceptors (Lipinski definition) is 4. The van der Waals surface area contributed by atoms with E-state index in [-0.39, 0.29) is 24.1 Å². The number of nitrogens with zero attached hydrogens (tertiary/aromatic N) is 1. The van der Waals surface area contributed by atoms with Gasteiger partial charge in [-0.05, 0) is 13.0 Å². The third kappa shape index (κ3) is 3.18. The quantitative estimate of drug-likeness (QED) is 0.800. The summed E-state index contributed by atoms with van der Waals surface area (Å²) in [6.45, 7) is 1.81. The van der Waals surface area contributed by atoms with Gasteiger partial charge in [-0.1, -0.05) is 11.6 Å². The molecule has 1 aromatic heterocycles. The molecule has 0 saturated heterocycles. The minimum absolute atomic E-state index is 0.114. The summed E-state index contributed by atoms with van der Waals surface area (Å²) in [5.41, 5.74) is 5.93. The second kappa shape index (κ2) is 5.09. The van der Waals surface area contributed by atoms with Crippen molar-refractivity contribution in [2.24, 2.45) is 0 Å². The van der Waals surface area contributed by atoms with E-state index in [0.29, 0.717) is 10.6 Å². The van der Waals surface area contributed by atoms with Gasteiger partial charge in [0.15, 0.2) is 5.78 Å².